The number of ether oxygens (including phenoxy) is 2. The van der Waals surface area contributed by atoms with Gasteiger partial charge in [-0.15, -0.1) is 0 Å². The molecule has 8 heteroatoms. The minimum absolute atomic E-state index is 0.0110. The van der Waals surface area contributed by atoms with E-state index in [0.29, 0.717) is 17.2 Å². The van der Waals surface area contributed by atoms with Crippen molar-refractivity contribution < 1.29 is 22.7 Å². The quantitative estimate of drug-likeness (QED) is 0.655. The number of nitrogens with one attached hydrogen (secondary N) is 1. The predicted octanol–water partition coefficient (Wildman–Crippen LogP) is 3.18. The lowest BCUT2D eigenvalue weighted by molar-refractivity contribution is -0.119. The van der Waals surface area contributed by atoms with Crippen molar-refractivity contribution in [2.45, 2.75) is 40.3 Å². The van der Waals surface area contributed by atoms with Gasteiger partial charge in [0, 0.05) is 6.54 Å². The maximum Gasteiger partial charge on any atom is 0.241 e. The number of methoxy groups -OCH3 is 1. The van der Waals surface area contributed by atoms with Crippen LogP contribution in [0.2, 0.25) is 0 Å². The molecule has 0 aliphatic carbocycles. The van der Waals surface area contributed by atoms with E-state index in [-0.39, 0.29) is 19.2 Å². The molecular weight excluding hydrogens is 404 g/mol. The lowest BCUT2D eigenvalue weighted by Gasteiger charge is -2.22. The van der Waals surface area contributed by atoms with Gasteiger partial charge in [0.25, 0.3) is 0 Å². The Labute approximate surface area is 179 Å². The Kier molecular flexibility index (Phi) is 7.72. The second-order valence-corrected chi connectivity index (χ2v) is 9.37. The molecule has 164 valence electrons. The van der Waals surface area contributed by atoms with Gasteiger partial charge in [-0.1, -0.05) is 12.1 Å². The fourth-order valence-corrected chi connectivity index (χ4v) is 3.69. The summed E-state index contributed by atoms with van der Waals surface area (Å²) in [5.41, 5.74) is 3.29. The number of hydrogen-bond acceptors (Lipinski definition) is 5. The van der Waals surface area contributed by atoms with Crippen LogP contribution in [-0.4, -0.2) is 40.3 Å². The van der Waals surface area contributed by atoms with Crippen LogP contribution in [0.4, 0.5) is 5.69 Å². The highest BCUT2D eigenvalue weighted by atomic mass is 32.2. The molecule has 0 bridgehead atoms. The van der Waals surface area contributed by atoms with Gasteiger partial charge in [0.15, 0.2) is 11.5 Å². The Hall–Kier alpha value is -2.74. The number of carbonyl (C=O) groups excluding carboxylic acids is 1. The second kappa shape index (κ2) is 9.84. The van der Waals surface area contributed by atoms with Crippen molar-refractivity contribution >= 4 is 21.6 Å². The molecule has 0 aliphatic heterocycles. The number of amides is 1. The molecule has 2 aromatic rings. The van der Waals surface area contributed by atoms with E-state index in [2.05, 4.69) is 5.32 Å². The van der Waals surface area contributed by atoms with E-state index in [4.69, 9.17) is 9.47 Å². The van der Waals surface area contributed by atoms with Crippen molar-refractivity contribution in [3.05, 3.63) is 53.1 Å². The fourth-order valence-electron chi connectivity index (χ4n) is 2.84. The van der Waals surface area contributed by atoms with Crippen LogP contribution in [0.1, 0.15) is 30.5 Å². The largest absolute Gasteiger partial charge is 0.493 e. The molecule has 0 aromatic heterocycles. The van der Waals surface area contributed by atoms with Gasteiger partial charge < -0.3 is 14.8 Å². The zero-order chi connectivity index (χ0) is 22.5. The zero-order valence-corrected chi connectivity index (χ0v) is 19.2. The van der Waals surface area contributed by atoms with E-state index in [1.54, 1.807) is 31.4 Å². The van der Waals surface area contributed by atoms with E-state index in [9.17, 15) is 13.2 Å². The van der Waals surface area contributed by atoms with Gasteiger partial charge in [-0.2, -0.15) is 0 Å². The highest BCUT2D eigenvalue weighted by molar-refractivity contribution is 7.92. The van der Waals surface area contributed by atoms with Gasteiger partial charge in [-0.05, 0) is 68.7 Å². The molecular formula is C22H30N2O5S. The standard InChI is InChI=1S/C22H30N2O5S/c1-15(2)29-20-10-8-18(12-21(20)28-5)13-23-22(25)14-24(30(6,26)27)19-9-7-16(3)17(4)11-19/h7-12,15H,13-14H2,1-6H3,(H,23,25). The first-order chi connectivity index (χ1) is 14.0. The lowest BCUT2D eigenvalue weighted by atomic mass is 10.1. The van der Waals surface area contributed by atoms with Crippen LogP contribution < -0.4 is 19.1 Å². The molecule has 7 nitrogen and oxygen atoms in total. The Bertz CT molecular complexity index is 1000. The molecule has 0 radical (unpaired) electrons. The normalized spacial score (nSPS) is 11.3. The first-order valence-electron chi connectivity index (χ1n) is 9.66. The molecule has 2 aromatic carbocycles. The van der Waals surface area contributed by atoms with Crippen LogP contribution in [0.3, 0.4) is 0 Å². The number of anilines is 1. The summed E-state index contributed by atoms with van der Waals surface area (Å²) >= 11 is 0. The number of nitrogens with zero attached hydrogens (tertiary/aromatic N) is 1. The SMILES string of the molecule is COc1cc(CNC(=O)CN(c2ccc(C)c(C)c2)S(C)(=O)=O)ccc1OC(C)C. The summed E-state index contributed by atoms with van der Waals surface area (Å²) in [6.45, 7) is 7.64. The van der Waals surface area contributed by atoms with Crippen molar-refractivity contribution in [1.82, 2.24) is 5.32 Å². The number of aryl methyl sites for hydroxylation is 2. The maximum atomic E-state index is 12.5. The van der Waals surface area contributed by atoms with Crippen molar-refractivity contribution in [2.24, 2.45) is 0 Å². The van der Waals surface area contributed by atoms with Crippen molar-refractivity contribution in [3.63, 3.8) is 0 Å². The summed E-state index contributed by atoms with van der Waals surface area (Å²) in [6.07, 6.45) is 1.10. The average Bonchev–Trinajstić information content (AvgIpc) is 2.66. The van der Waals surface area contributed by atoms with Crippen LogP contribution in [0.5, 0.6) is 11.5 Å². The average molecular weight is 435 g/mol. The minimum atomic E-state index is -3.62. The molecule has 0 heterocycles. The number of rotatable bonds is 9. The van der Waals surface area contributed by atoms with Gasteiger partial charge in [0.2, 0.25) is 15.9 Å². The third kappa shape index (κ3) is 6.38. The molecule has 30 heavy (non-hydrogen) atoms. The maximum absolute atomic E-state index is 12.5. The predicted molar refractivity (Wildman–Crippen MR) is 119 cm³/mol. The second-order valence-electron chi connectivity index (χ2n) is 7.47. The van der Waals surface area contributed by atoms with E-state index in [1.165, 1.54) is 0 Å². The Morgan fingerprint density at radius 3 is 2.33 bits per heavy atom. The third-order valence-corrected chi connectivity index (χ3v) is 5.69. The number of carbonyl (C=O) groups is 1. The lowest BCUT2D eigenvalue weighted by Crippen LogP contribution is -2.40. The van der Waals surface area contributed by atoms with E-state index < -0.39 is 15.9 Å². The summed E-state index contributed by atoms with van der Waals surface area (Å²) in [5, 5.41) is 2.77. The minimum Gasteiger partial charge on any atom is -0.493 e. The molecule has 1 amide bonds. The monoisotopic (exact) mass is 434 g/mol. The Balaban J connectivity index is 2.10. The van der Waals surface area contributed by atoms with Crippen LogP contribution in [-0.2, 0) is 21.4 Å². The van der Waals surface area contributed by atoms with Crippen LogP contribution in [0.25, 0.3) is 0 Å². The van der Waals surface area contributed by atoms with Crippen molar-refractivity contribution in [2.75, 3.05) is 24.2 Å². The first kappa shape index (κ1) is 23.5. The first-order valence-corrected chi connectivity index (χ1v) is 11.5. The van der Waals surface area contributed by atoms with E-state index >= 15 is 0 Å². The van der Waals surface area contributed by atoms with Gasteiger partial charge >= 0.3 is 0 Å². The summed E-state index contributed by atoms with van der Waals surface area (Å²) in [6, 6.07) is 10.7. The molecule has 0 spiro atoms. The van der Waals surface area contributed by atoms with E-state index in [1.807, 2.05) is 39.8 Å². The zero-order valence-electron chi connectivity index (χ0n) is 18.4. The number of hydrogen-bond donors (Lipinski definition) is 1. The van der Waals surface area contributed by atoms with Gasteiger partial charge in [-0.25, -0.2) is 8.42 Å². The molecule has 0 unspecified atom stereocenters. The van der Waals surface area contributed by atoms with Gasteiger partial charge in [-0.3, -0.25) is 9.10 Å². The molecule has 0 saturated heterocycles. The van der Waals surface area contributed by atoms with Gasteiger partial charge in [0.05, 0.1) is 25.2 Å². The van der Waals surface area contributed by atoms with Crippen molar-refractivity contribution in [3.8, 4) is 11.5 Å². The fraction of sp³-hybridized carbons (Fsp3) is 0.409. The van der Waals surface area contributed by atoms with Gasteiger partial charge in [0.1, 0.15) is 6.54 Å². The molecule has 1 N–H and O–H groups in total. The van der Waals surface area contributed by atoms with E-state index in [0.717, 1.165) is 27.3 Å². The molecule has 2 rings (SSSR count). The summed E-state index contributed by atoms with van der Waals surface area (Å²) in [4.78, 5) is 12.5. The smallest absolute Gasteiger partial charge is 0.241 e. The third-order valence-electron chi connectivity index (χ3n) is 4.55. The Morgan fingerprint density at radius 2 is 1.77 bits per heavy atom. The summed E-state index contributed by atoms with van der Waals surface area (Å²) < 4.78 is 36.7. The topological polar surface area (TPSA) is 84.9 Å². The molecule has 0 fully saturated rings. The Morgan fingerprint density at radius 1 is 1.07 bits per heavy atom. The summed E-state index contributed by atoms with van der Waals surface area (Å²) in [7, 11) is -2.06. The highest BCUT2D eigenvalue weighted by Gasteiger charge is 2.21. The molecule has 0 aliphatic rings. The number of sulfonamides is 1. The van der Waals surface area contributed by atoms with Crippen LogP contribution in [0.15, 0.2) is 36.4 Å². The molecule has 0 saturated carbocycles. The highest BCUT2D eigenvalue weighted by Crippen LogP contribution is 2.29. The molecule has 0 atom stereocenters. The van der Waals surface area contributed by atoms with Crippen LogP contribution in [0, 0.1) is 13.8 Å². The number of benzene rings is 2. The van der Waals surface area contributed by atoms with Crippen molar-refractivity contribution in [1.29, 1.82) is 0 Å². The summed E-state index contributed by atoms with van der Waals surface area (Å²) in [5.74, 6) is 0.795. The van der Waals surface area contributed by atoms with Crippen LogP contribution >= 0.6 is 0 Å².